The van der Waals surface area contributed by atoms with E-state index in [-0.39, 0.29) is 18.6 Å². The van der Waals surface area contributed by atoms with Crippen LogP contribution in [-0.4, -0.2) is 54.3 Å². The average Bonchev–Trinajstić information content (AvgIpc) is 2.86. The number of carbonyl (C=O) groups excluding carboxylic acids is 2. The van der Waals surface area contributed by atoms with E-state index in [9.17, 15) is 9.59 Å². The highest BCUT2D eigenvalue weighted by molar-refractivity contribution is 5.77. The zero-order chi connectivity index (χ0) is 16.8. The molecule has 0 bridgehead atoms. The van der Waals surface area contributed by atoms with E-state index in [0.29, 0.717) is 26.1 Å². The van der Waals surface area contributed by atoms with E-state index < -0.39 is 11.2 Å². The Morgan fingerprint density at radius 1 is 1.41 bits per heavy atom. The van der Waals surface area contributed by atoms with E-state index in [1.807, 2.05) is 27.7 Å². The minimum atomic E-state index is -0.514. The lowest BCUT2D eigenvalue weighted by atomic mass is 10.00. The quantitative estimate of drug-likeness (QED) is 0.763. The van der Waals surface area contributed by atoms with Gasteiger partial charge in [-0.1, -0.05) is 13.0 Å². The van der Waals surface area contributed by atoms with Gasteiger partial charge in [0, 0.05) is 13.1 Å². The zero-order valence-corrected chi connectivity index (χ0v) is 14.1. The number of rotatable bonds is 6. The second kappa shape index (κ2) is 7.63. The summed E-state index contributed by atoms with van der Waals surface area (Å²) in [6, 6.07) is 0. The topological polar surface area (TPSA) is 67.9 Å². The maximum absolute atomic E-state index is 12.1. The maximum Gasteiger partial charge on any atom is 0.410 e. The first-order chi connectivity index (χ1) is 10.2. The van der Waals surface area contributed by atoms with Gasteiger partial charge in [0.1, 0.15) is 12.2 Å². The normalized spacial score (nSPS) is 21.5. The number of hydrogen-bond donors (Lipinski definition) is 1. The van der Waals surface area contributed by atoms with E-state index >= 15 is 0 Å². The van der Waals surface area contributed by atoms with Crippen LogP contribution in [0.5, 0.6) is 0 Å². The van der Waals surface area contributed by atoms with Gasteiger partial charge in [0.25, 0.3) is 0 Å². The van der Waals surface area contributed by atoms with Crippen molar-refractivity contribution in [2.45, 2.75) is 51.7 Å². The second-order valence-corrected chi connectivity index (χ2v) is 6.57. The number of nitrogens with one attached hydrogen (secondary N) is 1. The van der Waals surface area contributed by atoms with Crippen molar-refractivity contribution < 1.29 is 19.1 Å². The van der Waals surface area contributed by atoms with E-state index in [0.717, 1.165) is 6.42 Å². The molecule has 0 radical (unpaired) electrons. The van der Waals surface area contributed by atoms with Crippen molar-refractivity contribution >= 4 is 12.0 Å². The van der Waals surface area contributed by atoms with Crippen LogP contribution in [0.2, 0.25) is 0 Å². The molecular formula is C16H28N2O4. The van der Waals surface area contributed by atoms with Gasteiger partial charge in [0.15, 0.2) is 0 Å². The molecule has 1 heterocycles. The number of likely N-dealkylation sites (tertiary alicyclic amines) is 1. The standard InChI is InChI=1S/C16H28N2O4/c1-6-9-17-13(19)11-21-16(7-2)8-10-18(12-16)14(20)22-15(3,4)5/h6H,1,7-12H2,2-5H3,(H,17,19). The van der Waals surface area contributed by atoms with Gasteiger partial charge in [0.2, 0.25) is 5.91 Å². The molecule has 1 aliphatic heterocycles. The lowest BCUT2D eigenvalue weighted by molar-refractivity contribution is -0.132. The van der Waals surface area contributed by atoms with Gasteiger partial charge in [0.05, 0.1) is 12.1 Å². The minimum Gasteiger partial charge on any atom is -0.444 e. The summed E-state index contributed by atoms with van der Waals surface area (Å²) in [6.07, 6.45) is 2.73. The van der Waals surface area contributed by atoms with Crippen LogP contribution in [0.3, 0.4) is 0 Å². The van der Waals surface area contributed by atoms with Crippen LogP contribution in [0.1, 0.15) is 40.5 Å². The first-order valence-electron chi connectivity index (χ1n) is 7.71. The highest BCUT2D eigenvalue weighted by Gasteiger charge is 2.41. The van der Waals surface area contributed by atoms with E-state index in [1.165, 1.54) is 0 Å². The fraction of sp³-hybridized carbons (Fsp3) is 0.750. The lowest BCUT2D eigenvalue weighted by Crippen LogP contribution is -2.42. The number of carbonyl (C=O) groups is 2. The lowest BCUT2D eigenvalue weighted by Gasteiger charge is -2.29. The molecule has 1 aliphatic rings. The fourth-order valence-electron chi connectivity index (χ4n) is 2.29. The Morgan fingerprint density at radius 2 is 2.09 bits per heavy atom. The van der Waals surface area contributed by atoms with Crippen LogP contribution in [0.15, 0.2) is 12.7 Å². The van der Waals surface area contributed by atoms with E-state index in [1.54, 1.807) is 11.0 Å². The van der Waals surface area contributed by atoms with Crippen molar-refractivity contribution in [3.8, 4) is 0 Å². The second-order valence-electron chi connectivity index (χ2n) is 6.57. The average molecular weight is 312 g/mol. The third kappa shape index (κ3) is 5.67. The molecule has 0 spiro atoms. The number of nitrogens with zero attached hydrogens (tertiary/aromatic N) is 1. The van der Waals surface area contributed by atoms with Gasteiger partial charge in [-0.25, -0.2) is 4.79 Å². The monoisotopic (exact) mass is 312 g/mol. The molecular weight excluding hydrogens is 284 g/mol. The predicted molar refractivity (Wildman–Crippen MR) is 84.6 cm³/mol. The zero-order valence-electron chi connectivity index (χ0n) is 14.1. The van der Waals surface area contributed by atoms with E-state index in [2.05, 4.69) is 11.9 Å². The molecule has 1 saturated heterocycles. The molecule has 1 N–H and O–H groups in total. The van der Waals surface area contributed by atoms with Crippen LogP contribution in [0.4, 0.5) is 4.79 Å². The molecule has 1 rings (SSSR count). The number of ether oxygens (including phenoxy) is 2. The Kier molecular flexibility index (Phi) is 6.41. The third-order valence-electron chi connectivity index (χ3n) is 3.57. The van der Waals surface area contributed by atoms with Crippen molar-refractivity contribution in [2.75, 3.05) is 26.2 Å². The maximum atomic E-state index is 12.1. The largest absolute Gasteiger partial charge is 0.444 e. The van der Waals surface area contributed by atoms with Gasteiger partial charge >= 0.3 is 6.09 Å². The molecule has 2 amide bonds. The highest BCUT2D eigenvalue weighted by Crippen LogP contribution is 2.29. The van der Waals surface area contributed by atoms with Gasteiger partial charge in [-0.15, -0.1) is 6.58 Å². The molecule has 0 aromatic heterocycles. The highest BCUT2D eigenvalue weighted by atomic mass is 16.6. The molecule has 22 heavy (non-hydrogen) atoms. The number of hydrogen-bond acceptors (Lipinski definition) is 4. The predicted octanol–water partition coefficient (Wildman–Crippen LogP) is 2.09. The van der Waals surface area contributed by atoms with Gasteiger partial charge in [-0.3, -0.25) is 4.79 Å². The van der Waals surface area contributed by atoms with Gasteiger partial charge in [-0.2, -0.15) is 0 Å². The van der Waals surface area contributed by atoms with Crippen LogP contribution in [0.25, 0.3) is 0 Å². The fourth-order valence-corrected chi connectivity index (χ4v) is 2.29. The SMILES string of the molecule is C=CCNC(=O)COC1(CC)CCN(C(=O)OC(C)(C)C)C1. The molecule has 6 nitrogen and oxygen atoms in total. The van der Waals surface area contributed by atoms with Gasteiger partial charge < -0.3 is 19.7 Å². The summed E-state index contributed by atoms with van der Waals surface area (Å²) < 4.78 is 11.2. The Hall–Kier alpha value is -1.56. The molecule has 6 heteroatoms. The summed E-state index contributed by atoms with van der Waals surface area (Å²) in [5.41, 5.74) is -0.984. The molecule has 0 aromatic rings. The summed E-state index contributed by atoms with van der Waals surface area (Å²) in [7, 11) is 0. The molecule has 0 saturated carbocycles. The summed E-state index contributed by atoms with van der Waals surface area (Å²) in [5, 5.41) is 2.68. The summed E-state index contributed by atoms with van der Waals surface area (Å²) in [5.74, 6) is -0.177. The van der Waals surface area contributed by atoms with E-state index in [4.69, 9.17) is 9.47 Å². The molecule has 1 unspecified atom stereocenters. The first-order valence-corrected chi connectivity index (χ1v) is 7.71. The summed E-state index contributed by atoms with van der Waals surface area (Å²) >= 11 is 0. The third-order valence-corrected chi connectivity index (χ3v) is 3.57. The van der Waals surface area contributed by atoms with Crippen LogP contribution in [0, 0.1) is 0 Å². The van der Waals surface area contributed by atoms with Crippen LogP contribution in [-0.2, 0) is 14.3 Å². The smallest absolute Gasteiger partial charge is 0.410 e. The van der Waals surface area contributed by atoms with Crippen molar-refractivity contribution in [3.63, 3.8) is 0 Å². The van der Waals surface area contributed by atoms with Gasteiger partial charge in [-0.05, 0) is 33.6 Å². The summed E-state index contributed by atoms with van der Waals surface area (Å²) in [6.45, 7) is 12.5. The Balaban J connectivity index is 2.53. The van der Waals surface area contributed by atoms with Crippen molar-refractivity contribution in [2.24, 2.45) is 0 Å². The molecule has 0 aliphatic carbocycles. The van der Waals surface area contributed by atoms with Crippen molar-refractivity contribution in [3.05, 3.63) is 12.7 Å². The summed E-state index contributed by atoms with van der Waals surface area (Å²) in [4.78, 5) is 25.4. The minimum absolute atomic E-state index is 0.0101. The van der Waals surface area contributed by atoms with Crippen molar-refractivity contribution in [1.29, 1.82) is 0 Å². The first kappa shape index (κ1) is 18.5. The Labute approximate surface area is 132 Å². The Morgan fingerprint density at radius 3 is 2.64 bits per heavy atom. The van der Waals surface area contributed by atoms with Crippen LogP contribution >= 0.6 is 0 Å². The molecule has 0 aromatic carbocycles. The molecule has 1 fully saturated rings. The number of amides is 2. The van der Waals surface area contributed by atoms with Crippen LogP contribution < -0.4 is 5.32 Å². The Bertz CT molecular complexity index is 417. The molecule has 1 atom stereocenters. The van der Waals surface area contributed by atoms with Crippen molar-refractivity contribution in [1.82, 2.24) is 10.2 Å². The molecule has 126 valence electrons.